The van der Waals surface area contributed by atoms with Crippen molar-refractivity contribution in [2.75, 3.05) is 13.2 Å². The molecule has 4 heterocycles. The quantitative estimate of drug-likeness (QED) is 0.679. The molecule has 7 nitrogen and oxygen atoms in total. The average molecular weight is 353 g/mol. The molecule has 0 radical (unpaired) electrons. The maximum atomic E-state index is 5.77. The Morgan fingerprint density at radius 1 is 1.31 bits per heavy atom. The smallest absolute Gasteiger partial charge is 0.137 e. The molecule has 1 aliphatic rings. The van der Waals surface area contributed by atoms with Crippen molar-refractivity contribution < 1.29 is 9.26 Å². The third-order valence-corrected chi connectivity index (χ3v) is 4.80. The number of aromatic nitrogens is 4. The van der Waals surface area contributed by atoms with Gasteiger partial charge in [0.25, 0.3) is 0 Å². The molecule has 0 N–H and O–H groups in total. The molecule has 0 aliphatic carbocycles. The van der Waals surface area contributed by atoms with E-state index >= 15 is 0 Å². The van der Waals surface area contributed by atoms with E-state index in [1.165, 1.54) is 5.69 Å². The zero-order chi connectivity index (χ0) is 17.9. The van der Waals surface area contributed by atoms with Crippen molar-refractivity contribution in [3.63, 3.8) is 0 Å². The summed E-state index contributed by atoms with van der Waals surface area (Å²) >= 11 is 0. The lowest BCUT2D eigenvalue weighted by atomic mass is 10.2. The van der Waals surface area contributed by atoms with Crippen LogP contribution in [0.15, 0.2) is 41.3 Å². The van der Waals surface area contributed by atoms with Crippen LogP contribution in [0.4, 0.5) is 0 Å². The van der Waals surface area contributed by atoms with Crippen molar-refractivity contribution in [1.29, 1.82) is 0 Å². The number of ether oxygens (including phenoxy) is 1. The Balaban J connectivity index is 1.39. The molecular formula is C19H23N5O2. The monoisotopic (exact) mass is 353 g/mol. The van der Waals surface area contributed by atoms with Gasteiger partial charge in [-0.3, -0.25) is 9.88 Å². The fourth-order valence-electron chi connectivity index (χ4n) is 3.43. The van der Waals surface area contributed by atoms with Crippen LogP contribution in [0.5, 0.6) is 5.75 Å². The Labute approximate surface area is 152 Å². The standard InChI is InChI=1S/C19H23N5O2/c1-14-10-16(22-26-14)13-23-7-8-24-17(11-21-19(24)15(23)2)5-9-25-18-4-3-6-20-12-18/h3-4,6,10-12,15H,5,7-9,13H2,1-2H3/t15-/m0/s1. The van der Waals surface area contributed by atoms with Gasteiger partial charge in [0, 0.05) is 50.2 Å². The van der Waals surface area contributed by atoms with E-state index in [-0.39, 0.29) is 6.04 Å². The summed E-state index contributed by atoms with van der Waals surface area (Å²) in [6, 6.07) is 6.04. The van der Waals surface area contributed by atoms with Gasteiger partial charge in [-0.1, -0.05) is 5.16 Å². The number of hydrogen-bond acceptors (Lipinski definition) is 6. The van der Waals surface area contributed by atoms with Crippen LogP contribution in [0.2, 0.25) is 0 Å². The van der Waals surface area contributed by atoms with Crippen LogP contribution in [0.1, 0.15) is 35.9 Å². The molecule has 0 saturated carbocycles. The highest BCUT2D eigenvalue weighted by Crippen LogP contribution is 2.27. The first-order valence-electron chi connectivity index (χ1n) is 8.94. The number of pyridine rings is 1. The summed E-state index contributed by atoms with van der Waals surface area (Å²) in [5.74, 6) is 2.75. The van der Waals surface area contributed by atoms with Crippen LogP contribution >= 0.6 is 0 Å². The summed E-state index contributed by atoms with van der Waals surface area (Å²) in [5.41, 5.74) is 2.19. The first kappa shape index (κ1) is 16.8. The van der Waals surface area contributed by atoms with Gasteiger partial charge in [-0.2, -0.15) is 0 Å². The summed E-state index contributed by atoms with van der Waals surface area (Å²) in [4.78, 5) is 11.1. The van der Waals surface area contributed by atoms with Crippen LogP contribution in [0, 0.1) is 6.92 Å². The lowest BCUT2D eigenvalue weighted by Gasteiger charge is -2.33. The minimum atomic E-state index is 0.244. The maximum Gasteiger partial charge on any atom is 0.137 e. The van der Waals surface area contributed by atoms with E-state index in [1.807, 2.05) is 31.3 Å². The molecule has 3 aromatic rings. The van der Waals surface area contributed by atoms with Gasteiger partial charge in [0.2, 0.25) is 0 Å². The predicted octanol–water partition coefficient (Wildman–Crippen LogP) is 2.77. The zero-order valence-corrected chi connectivity index (χ0v) is 15.1. The predicted molar refractivity (Wildman–Crippen MR) is 95.7 cm³/mol. The second-order valence-corrected chi connectivity index (χ2v) is 6.62. The summed E-state index contributed by atoms with van der Waals surface area (Å²) in [6.45, 7) is 7.41. The second kappa shape index (κ2) is 7.29. The second-order valence-electron chi connectivity index (χ2n) is 6.62. The lowest BCUT2D eigenvalue weighted by Crippen LogP contribution is -2.37. The van der Waals surface area contributed by atoms with Gasteiger partial charge in [0.1, 0.15) is 17.3 Å². The highest BCUT2D eigenvalue weighted by Gasteiger charge is 2.27. The average Bonchev–Trinajstić information content (AvgIpc) is 3.25. The Bertz CT molecular complexity index is 858. The molecule has 0 unspecified atom stereocenters. The molecule has 0 aromatic carbocycles. The van der Waals surface area contributed by atoms with Crippen LogP contribution in [-0.4, -0.2) is 37.7 Å². The molecule has 0 saturated heterocycles. The van der Waals surface area contributed by atoms with Crippen LogP contribution in [0.25, 0.3) is 0 Å². The van der Waals surface area contributed by atoms with Gasteiger partial charge in [0.05, 0.1) is 24.5 Å². The minimum Gasteiger partial charge on any atom is -0.492 e. The summed E-state index contributed by atoms with van der Waals surface area (Å²) in [7, 11) is 0. The van der Waals surface area contributed by atoms with Gasteiger partial charge >= 0.3 is 0 Å². The Morgan fingerprint density at radius 2 is 2.23 bits per heavy atom. The van der Waals surface area contributed by atoms with Crippen molar-refractivity contribution in [3.05, 3.63) is 59.8 Å². The Kier molecular flexibility index (Phi) is 4.71. The normalized spacial score (nSPS) is 17.2. The van der Waals surface area contributed by atoms with E-state index in [0.717, 1.165) is 49.1 Å². The molecule has 1 atom stereocenters. The van der Waals surface area contributed by atoms with Gasteiger partial charge in [0.15, 0.2) is 0 Å². The third-order valence-electron chi connectivity index (χ3n) is 4.80. The molecule has 0 bridgehead atoms. The number of aryl methyl sites for hydroxylation is 1. The lowest BCUT2D eigenvalue weighted by molar-refractivity contribution is 0.150. The number of rotatable bonds is 6. The summed E-state index contributed by atoms with van der Waals surface area (Å²) in [5, 5.41) is 4.11. The largest absolute Gasteiger partial charge is 0.492 e. The molecular weight excluding hydrogens is 330 g/mol. The summed E-state index contributed by atoms with van der Waals surface area (Å²) < 4.78 is 13.3. The maximum absolute atomic E-state index is 5.77. The third kappa shape index (κ3) is 3.48. The van der Waals surface area contributed by atoms with Gasteiger partial charge < -0.3 is 13.8 Å². The van der Waals surface area contributed by atoms with Crippen LogP contribution in [0.3, 0.4) is 0 Å². The number of nitrogens with zero attached hydrogens (tertiary/aromatic N) is 5. The van der Waals surface area contributed by atoms with Crippen molar-refractivity contribution in [1.82, 2.24) is 24.6 Å². The molecule has 4 rings (SSSR count). The van der Waals surface area contributed by atoms with E-state index in [0.29, 0.717) is 6.61 Å². The van der Waals surface area contributed by atoms with Gasteiger partial charge in [-0.25, -0.2) is 4.98 Å². The van der Waals surface area contributed by atoms with Gasteiger partial charge in [-0.15, -0.1) is 0 Å². The Morgan fingerprint density at radius 3 is 3.00 bits per heavy atom. The molecule has 136 valence electrons. The number of imidazole rings is 1. The van der Waals surface area contributed by atoms with Crippen LogP contribution < -0.4 is 4.74 Å². The van der Waals surface area contributed by atoms with E-state index < -0.39 is 0 Å². The fraction of sp³-hybridized carbons (Fsp3) is 0.421. The molecule has 0 amide bonds. The van der Waals surface area contributed by atoms with Gasteiger partial charge in [-0.05, 0) is 26.0 Å². The van der Waals surface area contributed by atoms with Crippen molar-refractivity contribution in [2.45, 2.75) is 39.4 Å². The van der Waals surface area contributed by atoms with E-state index in [9.17, 15) is 0 Å². The van der Waals surface area contributed by atoms with Crippen molar-refractivity contribution in [2.24, 2.45) is 0 Å². The zero-order valence-electron chi connectivity index (χ0n) is 15.1. The molecule has 7 heteroatoms. The molecule has 0 fully saturated rings. The highest BCUT2D eigenvalue weighted by atomic mass is 16.5. The summed E-state index contributed by atoms with van der Waals surface area (Å²) in [6.07, 6.45) is 6.28. The molecule has 1 aliphatic heterocycles. The Hall–Kier alpha value is -2.67. The molecule has 26 heavy (non-hydrogen) atoms. The minimum absolute atomic E-state index is 0.244. The first-order chi connectivity index (χ1) is 12.7. The van der Waals surface area contributed by atoms with Crippen molar-refractivity contribution >= 4 is 0 Å². The van der Waals surface area contributed by atoms with E-state index in [2.05, 4.69) is 31.5 Å². The highest BCUT2D eigenvalue weighted by molar-refractivity contribution is 5.16. The van der Waals surface area contributed by atoms with Crippen molar-refractivity contribution in [3.8, 4) is 5.75 Å². The number of hydrogen-bond donors (Lipinski definition) is 0. The first-order valence-corrected chi connectivity index (χ1v) is 8.94. The SMILES string of the molecule is Cc1cc(CN2CCn3c(CCOc4cccnc4)cnc3[C@@H]2C)no1. The van der Waals surface area contributed by atoms with Crippen LogP contribution in [-0.2, 0) is 19.5 Å². The number of fused-ring (bicyclic) bond motifs is 1. The molecule has 3 aromatic heterocycles. The molecule has 0 spiro atoms. The van der Waals surface area contributed by atoms with E-state index in [1.54, 1.807) is 12.4 Å². The van der Waals surface area contributed by atoms with E-state index in [4.69, 9.17) is 9.26 Å². The topological polar surface area (TPSA) is 69.2 Å². The fourth-order valence-corrected chi connectivity index (χ4v) is 3.43.